The summed E-state index contributed by atoms with van der Waals surface area (Å²) in [5.41, 5.74) is 0. The fourth-order valence-electron chi connectivity index (χ4n) is 2.44. The van der Waals surface area contributed by atoms with Crippen LogP contribution < -0.4 is 0 Å². The lowest BCUT2D eigenvalue weighted by Crippen LogP contribution is -2.63. The van der Waals surface area contributed by atoms with E-state index in [1.165, 1.54) is 6.92 Å². The van der Waals surface area contributed by atoms with Gasteiger partial charge in [-0.25, -0.2) is 0 Å². The molecule has 0 radical (unpaired) electrons. The lowest BCUT2D eigenvalue weighted by atomic mass is 9.98. The topological polar surface area (TPSA) is 169 Å². The second-order valence-electron chi connectivity index (χ2n) is 5.51. The van der Waals surface area contributed by atoms with E-state index >= 15 is 0 Å². The number of aliphatic hydroxyl groups is 7. The van der Waals surface area contributed by atoms with E-state index in [0.717, 1.165) is 0 Å². The van der Waals surface area contributed by atoms with Crippen LogP contribution in [-0.4, -0.2) is 104 Å². The van der Waals surface area contributed by atoms with Gasteiger partial charge >= 0.3 is 0 Å². The molecule has 0 amide bonds. The molecule has 2 heterocycles. The van der Waals surface area contributed by atoms with Crippen molar-refractivity contribution in [1.82, 2.24) is 0 Å². The minimum absolute atomic E-state index is 0.628. The smallest absolute Gasteiger partial charge is 0.189 e. The van der Waals surface area contributed by atoms with E-state index in [-0.39, 0.29) is 0 Å². The fourth-order valence-corrected chi connectivity index (χ4v) is 2.44. The van der Waals surface area contributed by atoms with Gasteiger partial charge in [0.05, 0.1) is 12.7 Å². The van der Waals surface area contributed by atoms with Crippen molar-refractivity contribution >= 4 is 0 Å². The molecule has 0 spiro atoms. The fraction of sp³-hybridized carbons (Fsp3) is 1.00. The molecule has 2 saturated heterocycles. The molecule has 0 aliphatic carbocycles. The largest absolute Gasteiger partial charge is 0.394 e. The summed E-state index contributed by atoms with van der Waals surface area (Å²) in [6.07, 6.45) is -14.3. The highest BCUT2D eigenvalue weighted by Crippen LogP contribution is 2.27. The highest BCUT2D eigenvalue weighted by Gasteiger charge is 2.48. The summed E-state index contributed by atoms with van der Waals surface area (Å²) in [5.74, 6) is 0. The summed E-state index contributed by atoms with van der Waals surface area (Å²) in [6.45, 7) is 0.819. The van der Waals surface area contributed by atoms with Crippen molar-refractivity contribution in [3.05, 3.63) is 0 Å². The van der Waals surface area contributed by atoms with Crippen LogP contribution in [0.1, 0.15) is 6.92 Å². The summed E-state index contributed by atoms with van der Waals surface area (Å²) in [5, 5.41) is 67.3. The van der Waals surface area contributed by atoms with Crippen LogP contribution in [0, 0.1) is 0 Å². The average Bonchev–Trinajstić information content (AvgIpc) is 2.50. The maximum Gasteiger partial charge on any atom is 0.189 e. The molecule has 10 nitrogen and oxygen atoms in total. The maximum absolute atomic E-state index is 9.83. The predicted molar refractivity (Wildman–Crippen MR) is 67.2 cm³/mol. The molecule has 10 atom stereocenters. The zero-order valence-corrected chi connectivity index (χ0v) is 11.8. The van der Waals surface area contributed by atoms with Gasteiger partial charge in [0.1, 0.15) is 42.7 Å². The van der Waals surface area contributed by atoms with E-state index in [1.54, 1.807) is 0 Å². The van der Waals surface area contributed by atoms with Gasteiger partial charge in [0.2, 0.25) is 0 Å². The Kier molecular flexibility index (Phi) is 5.72. The number of ether oxygens (including phenoxy) is 3. The minimum Gasteiger partial charge on any atom is -0.394 e. The molecular formula is C12H22O10. The first-order valence-corrected chi connectivity index (χ1v) is 6.93. The Hall–Kier alpha value is -0.400. The van der Waals surface area contributed by atoms with Crippen LogP contribution in [0.15, 0.2) is 0 Å². The molecule has 7 N–H and O–H groups in total. The van der Waals surface area contributed by atoms with E-state index in [9.17, 15) is 30.6 Å². The molecular weight excluding hydrogens is 304 g/mol. The maximum atomic E-state index is 9.83. The van der Waals surface area contributed by atoms with Crippen molar-refractivity contribution in [3.63, 3.8) is 0 Å². The normalized spacial score (nSPS) is 53.5. The molecule has 130 valence electrons. The summed E-state index contributed by atoms with van der Waals surface area (Å²) in [7, 11) is 0. The van der Waals surface area contributed by atoms with E-state index in [2.05, 4.69) is 0 Å². The highest BCUT2D eigenvalue weighted by atomic mass is 16.8. The first-order chi connectivity index (χ1) is 10.3. The highest BCUT2D eigenvalue weighted by molar-refractivity contribution is 4.91. The zero-order valence-electron chi connectivity index (χ0n) is 11.8. The Labute approximate surface area is 126 Å². The van der Waals surface area contributed by atoms with Crippen LogP contribution in [0.2, 0.25) is 0 Å². The predicted octanol–water partition coefficient (Wildman–Crippen LogP) is -4.37. The van der Waals surface area contributed by atoms with Gasteiger partial charge in [0, 0.05) is 0 Å². The Morgan fingerprint density at radius 1 is 0.727 bits per heavy atom. The van der Waals surface area contributed by atoms with Crippen LogP contribution in [-0.2, 0) is 14.2 Å². The molecule has 2 aliphatic rings. The van der Waals surface area contributed by atoms with Crippen LogP contribution in [0.3, 0.4) is 0 Å². The van der Waals surface area contributed by atoms with Gasteiger partial charge in [0.25, 0.3) is 0 Å². The molecule has 0 saturated carbocycles. The molecule has 2 fully saturated rings. The number of aliphatic hydroxyl groups excluding tert-OH is 7. The van der Waals surface area contributed by atoms with Crippen LogP contribution in [0.5, 0.6) is 0 Å². The van der Waals surface area contributed by atoms with Crippen LogP contribution in [0.25, 0.3) is 0 Å². The molecule has 0 bridgehead atoms. The van der Waals surface area contributed by atoms with Gasteiger partial charge in [-0.15, -0.1) is 0 Å². The molecule has 0 aromatic rings. The number of rotatable bonds is 3. The Bertz CT molecular complexity index is 366. The summed E-state index contributed by atoms with van der Waals surface area (Å²) >= 11 is 0. The van der Waals surface area contributed by atoms with Crippen molar-refractivity contribution in [2.24, 2.45) is 0 Å². The van der Waals surface area contributed by atoms with Gasteiger partial charge < -0.3 is 50.0 Å². The summed E-state index contributed by atoms with van der Waals surface area (Å²) < 4.78 is 15.5. The third-order valence-corrected chi connectivity index (χ3v) is 3.93. The second kappa shape index (κ2) is 7.01. The first kappa shape index (κ1) is 17.9. The van der Waals surface area contributed by atoms with Crippen molar-refractivity contribution in [3.8, 4) is 0 Å². The minimum atomic E-state index is -1.66. The Balaban J connectivity index is 2.05. The Morgan fingerprint density at radius 2 is 1.23 bits per heavy atom. The van der Waals surface area contributed by atoms with Gasteiger partial charge in [-0.05, 0) is 6.92 Å². The van der Waals surface area contributed by atoms with Gasteiger partial charge in [-0.3, -0.25) is 0 Å². The van der Waals surface area contributed by atoms with Gasteiger partial charge in [0.15, 0.2) is 12.6 Å². The van der Waals surface area contributed by atoms with Crippen molar-refractivity contribution in [2.75, 3.05) is 6.61 Å². The van der Waals surface area contributed by atoms with E-state index in [1.807, 2.05) is 0 Å². The number of hydrogen-bond donors (Lipinski definition) is 7. The standard InChI is InChI=1S/C12H22O10/c1-3-5(14)7(16)9(18)11(20-3)22-12-10(19)8(17)6(15)4(2-13)21-12/h3-19H,2H2,1H3/t3-,4-,5-,6-,7+,8+,9+,10-,11?,12?/m1/s1. The van der Waals surface area contributed by atoms with E-state index in [0.29, 0.717) is 0 Å². The summed E-state index contributed by atoms with van der Waals surface area (Å²) in [6, 6.07) is 0. The third-order valence-electron chi connectivity index (χ3n) is 3.93. The summed E-state index contributed by atoms with van der Waals surface area (Å²) in [4.78, 5) is 0. The molecule has 0 aromatic heterocycles. The van der Waals surface area contributed by atoms with Crippen LogP contribution in [0.4, 0.5) is 0 Å². The lowest BCUT2D eigenvalue weighted by molar-refractivity contribution is -0.373. The second-order valence-corrected chi connectivity index (χ2v) is 5.51. The van der Waals surface area contributed by atoms with Crippen molar-refractivity contribution in [2.45, 2.75) is 68.3 Å². The van der Waals surface area contributed by atoms with Crippen molar-refractivity contribution in [1.29, 1.82) is 0 Å². The number of hydrogen-bond acceptors (Lipinski definition) is 10. The lowest BCUT2D eigenvalue weighted by Gasteiger charge is -2.44. The molecule has 22 heavy (non-hydrogen) atoms. The quantitative estimate of drug-likeness (QED) is 0.269. The first-order valence-electron chi connectivity index (χ1n) is 6.93. The molecule has 2 rings (SSSR count). The monoisotopic (exact) mass is 326 g/mol. The zero-order chi connectivity index (χ0) is 16.6. The van der Waals surface area contributed by atoms with Crippen molar-refractivity contribution < 1.29 is 50.0 Å². The average molecular weight is 326 g/mol. The SMILES string of the molecule is C[C@H]1OC(OC2O[C@H](CO)[C@@H](O)[C@H](O)[C@H]2O)[C@@H](O)[C@@H](O)[C@@H]1O. The Morgan fingerprint density at radius 3 is 1.77 bits per heavy atom. The van der Waals surface area contributed by atoms with Gasteiger partial charge in [-0.2, -0.15) is 0 Å². The van der Waals surface area contributed by atoms with Crippen LogP contribution >= 0.6 is 0 Å². The molecule has 2 unspecified atom stereocenters. The molecule has 0 aromatic carbocycles. The van der Waals surface area contributed by atoms with Gasteiger partial charge in [-0.1, -0.05) is 0 Å². The molecule has 2 aliphatic heterocycles. The third kappa shape index (κ3) is 3.26. The van der Waals surface area contributed by atoms with E-state index < -0.39 is 68.0 Å². The van der Waals surface area contributed by atoms with E-state index in [4.69, 9.17) is 19.3 Å². The molecule has 10 heteroatoms.